The van der Waals surface area contributed by atoms with Gasteiger partial charge >= 0.3 is 0 Å². The van der Waals surface area contributed by atoms with Crippen LogP contribution in [-0.2, 0) is 4.74 Å². The molecule has 0 saturated heterocycles. The van der Waals surface area contributed by atoms with Gasteiger partial charge in [0.05, 0.1) is 11.8 Å². The molecule has 1 aromatic carbocycles. The third-order valence-corrected chi connectivity index (χ3v) is 2.91. The summed E-state index contributed by atoms with van der Waals surface area (Å²) in [6.45, 7) is 0. The Morgan fingerprint density at radius 3 is 2.65 bits per heavy atom. The summed E-state index contributed by atoms with van der Waals surface area (Å²) in [5.74, 6) is -4.40. The van der Waals surface area contributed by atoms with E-state index in [2.05, 4.69) is 4.99 Å². The third kappa shape index (κ3) is 2.03. The number of ether oxygens (including phenoxy) is 1. The van der Waals surface area contributed by atoms with Crippen LogP contribution in [0.4, 0.5) is 17.6 Å². The van der Waals surface area contributed by atoms with Crippen molar-refractivity contribution in [3.63, 3.8) is 0 Å². The first-order valence-corrected chi connectivity index (χ1v) is 5.70. The van der Waals surface area contributed by atoms with Crippen molar-refractivity contribution in [3.8, 4) is 0 Å². The number of rotatable bonds is 1. The molecule has 0 saturated carbocycles. The Labute approximate surface area is 111 Å². The van der Waals surface area contributed by atoms with E-state index in [1.54, 1.807) is 0 Å². The SMILES string of the molecule is FC1=CC2=COC(c3cccc(F)c3F)=NC2C=C1F. The van der Waals surface area contributed by atoms with Gasteiger partial charge in [0.1, 0.15) is 6.04 Å². The molecule has 102 valence electrons. The Morgan fingerprint density at radius 2 is 1.85 bits per heavy atom. The van der Waals surface area contributed by atoms with Crippen LogP contribution < -0.4 is 0 Å². The highest BCUT2D eigenvalue weighted by Crippen LogP contribution is 2.29. The predicted octanol–water partition coefficient (Wildman–Crippen LogP) is 3.71. The van der Waals surface area contributed by atoms with Crippen molar-refractivity contribution in [2.45, 2.75) is 6.04 Å². The van der Waals surface area contributed by atoms with E-state index in [0.717, 1.165) is 24.5 Å². The van der Waals surface area contributed by atoms with Gasteiger partial charge in [-0.3, -0.25) is 0 Å². The molecule has 3 rings (SSSR count). The number of hydrogen-bond donors (Lipinski definition) is 0. The molecule has 1 aliphatic heterocycles. The largest absolute Gasteiger partial charge is 0.446 e. The standard InChI is InChI=1S/C14H7F4NO/c15-9-3-1-2-8(13(9)18)14-19-12-5-11(17)10(16)4-7(12)6-20-14/h1-6,12H. The molecule has 0 aromatic heterocycles. The van der Waals surface area contributed by atoms with E-state index in [4.69, 9.17) is 4.74 Å². The zero-order chi connectivity index (χ0) is 14.3. The van der Waals surface area contributed by atoms with Gasteiger partial charge in [-0.05, 0) is 24.3 Å². The molecule has 1 aromatic rings. The smallest absolute Gasteiger partial charge is 0.225 e. The van der Waals surface area contributed by atoms with Crippen molar-refractivity contribution in [2.75, 3.05) is 0 Å². The monoisotopic (exact) mass is 281 g/mol. The summed E-state index contributed by atoms with van der Waals surface area (Å²) in [7, 11) is 0. The second kappa shape index (κ2) is 4.63. The Morgan fingerprint density at radius 1 is 1.05 bits per heavy atom. The van der Waals surface area contributed by atoms with Crippen LogP contribution in [0.2, 0.25) is 0 Å². The number of nitrogens with zero attached hydrogens (tertiary/aromatic N) is 1. The molecule has 1 aliphatic carbocycles. The number of hydrogen-bond acceptors (Lipinski definition) is 2. The molecule has 0 fully saturated rings. The first-order valence-electron chi connectivity index (χ1n) is 5.70. The molecule has 2 nitrogen and oxygen atoms in total. The molecular formula is C14H7F4NO. The number of fused-ring (bicyclic) bond motifs is 1. The highest BCUT2D eigenvalue weighted by Gasteiger charge is 2.26. The van der Waals surface area contributed by atoms with Crippen LogP contribution in [0.15, 0.2) is 58.8 Å². The van der Waals surface area contributed by atoms with Gasteiger partial charge in [0.2, 0.25) is 5.90 Å². The Kier molecular flexibility index (Phi) is 2.93. The van der Waals surface area contributed by atoms with Crippen molar-refractivity contribution in [1.82, 2.24) is 0 Å². The second-order valence-corrected chi connectivity index (χ2v) is 4.22. The van der Waals surface area contributed by atoms with Gasteiger partial charge in [-0.25, -0.2) is 22.6 Å². The molecular weight excluding hydrogens is 274 g/mol. The summed E-state index contributed by atoms with van der Waals surface area (Å²) >= 11 is 0. The van der Waals surface area contributed by atoms with E-state index in [1.165, 1.54) is 12.1 Å². The van der Waals surface area contributed by atoms with Crippen molar-refractivity contribution >= 4 is 5.90 Å². The fourth-order valence-corrected chi connectivity index (χ4v) is 1.91. The van der Waals surface area contributed by atoms with Crippen LogP contribution in [0.25, 0.3) is 0 Å². The average Bonchev–Trinajstić information content (AvgIpc) is 2.43. The fourth-order valence-electron chi connectivity index (χ4n) is 1.91. The number of aliphatic imine (C=N–C) groups is 1. The molecule has 1 heterocycles. The van der Waals surface area contributed by atoms with Crippen LogP contribution in [0, 0.1) is 11.6 Å². The minimum absolute atomic E-state index is 0.177. The highest BCUT2D eigenvalue weighted by atomic mass is 19.2. The van der Waals surface area contributed by atoms with Crippen molar-refractivity contribution < 1.29 is 22.3 Å². The molecule has 20 heavy (non-hydrogen) atoms. The summed E-state index contributed by atoms with van der Waals surface area (Å²) in [4.78, 5) is 3.95. The molecule has 0 amide bonds. The lowest BCUT2D eigenvalue weighted by atomic mass is 10.0. The summed E-state index contributed by atoms with van der Waals surface area (Å²) < 4.78 is 58.1. The zero-order valence-corrected chi connectivity index (χ0v) is 9.91. The number of allylic oxidation sites excluding steroid dienone is 2. The van der Waals surface area contributed by atoms with Gasteiger partial charge in [0.25, 0.3) is 0 Å². The molecule has 2 aliphatic rings. The van der Waals surface area contributed by atoms with Gasteiger partial charge < -0.3 is 4.74 Å². The van der Waals surface area contributed by atoms with Gasteiger partial charge in [0, 0.05) is 5.57 Å². The van der Waals surface area contributed by atoms with Crippen LogP contribution in [0.5, 0.6) is 0 Å². The maximum atomic E-state index is 13.6. The van der Waals surface area contributed by atoms with Gasteiger partial charge in [-0.15, -0.1) is 0 Å². The first-order chi connectivity index (χ1) is 9.56. The third-order valence-electron chi connectivity index (χ3n) is 2.91. The lowest BCUT2D eigenvalue weighted by Gasteiger charge is -2.21. The van der Waals surface area contributed by atoms with Crippen molar-refractivity contribution in [1.29, 1.82) is 0 Å². The minimum Gasteiger partial charge on any atom is -0.446 e. The lowest BCUT2D eigenvalue weighted by Crippen LogP contribution is -2.20. The van der Waals surface area contributed by atoms with Crippen LogP contribution >= 0.6 is 0 Å². The topological polar surface area (TPSA) is 21.6 Å². The van der Waals surface area contributed by atoms with E-state index in [0.29, 0.717) is 5.57 Å². The maximum Gasteiger partial charge on any atom is 0.225 e. The molecule has 1 unspecified atom stereocenters. The predicted molar refractivity (Wildman–Crippen MR) is 64.2 cm³/mol. The van der Waals surface area contributed by atoms with E-state index < -0.39 is 29.3 Å². The quantitative estimate of drug-likeness (QED) is 0.719. The molecule has 0 bridgehead atoms. The van der Waals surface area contributed by atoms with E-state index >= 15 is 0 Å². The van der Waals surface area contributed by atoms with Gasteiger partial charge in [-0.2, -0.15) is 0 Å². The lowest BCUT2D eigenvalue weighted by molar-refractivity contribution is 0.436. The van der Waals surface area contributed by atoms with E-state index in [-0.39, 0.29) is 11.5 Å². The Balaban J connectivity index is 2.00. The Hall–Kier alpha value is -2.37. The summed E-state index contributed by atoms with van der Waals surface area (Å²) in [5, 5.41) is 0. The molecule has 0 radical (unpaired) electrons. The van der Waals surface area contributed by atoms with E-state index in [9.17, 15) is 17.6 Å². The molecule has 0 N–H and O–H groups in total. The van der Waals surface area contributed by atoms with Crippen LogP contribution in [0.1, 0.15) is 5.56 Å². The molecule has 1 atom stereocenters. The normalized spacial score (nSPS) is 21.1. The summed E-state index contributed by atoms with van der Waals surface area (Å²) in [5.41, 5.74) is 0.119. The summed E-state index contributed by atoms with van der Waals surface area (Å²) in [6, 6.07) is 2.73. The van der Waals surface area contributed by atoms with Crippen LogP contribution in [-0.4, -0.2) is 11.9 Å². The molecule has 6 heteroatoms. The summed E-state index contributed by atoms with van der Waals surface area (Å²) in [6.07, 6.45) is 3.03. The zero-order valence-electron chi connectivity index (χ0n) is 9.91. The highest BCUT2D eigenvalue weighted by molar-refractivity contribution is 5.95. The average molecular weight is 281 g/mol. The maximum absolute atomic E-state index is 13.6. The van der Waals surface area contributed by atoms with Gasteiger partial charge in [0.15, 0.2) is 23.3 Å². The van der Waals surface area contributed by atoms with Crippen molar-refractivity contribution in [3.05, 3.63) is 71.0 Å². The number of benzene rings is 1. The minimum atomic E-state index is -1.11. The second-order valence-electron chi connectivity index (χ2n) is 4.22. The molecule has 0 spiro atoms. The first kappa shape index (κ1) is 12.7. The van der Waals surface area contributed by atoms with E-state index in [1.807, 2.05) is 0 Å². The van der Waals surface area contributed by atoms with Crippen LogP contribution in [0.3, 0.4) is 0 Å². The number of halogens is 4. The fraction of sp³-hybridized carbons (Fsp3) is 0.0714. The Bertz CT molecular complexity index is 703. The van der Waals surface area contributed by atoms with Crippen molar-refractivity contribution in [2.24, 2.45) is 4.99 Å². The van der Waals surface area contributed by atoms with Gasteiger partial charge in [-0.1, -0.05) is 6.07 Å².